The van der Waals surface area contributed by atoms with Gasteiger partial charge in [0.2, 0.25) is 0 Å². The van der Waals surface area contributed by atoms with E-state index in [9.17, 15) is 13.2 Å². The highest BCUT2D eigenvalue weighted by atomic mass is 35.5. The first-order valence-electron chi connectivity index (χ1n) is 7.31. The van der Waals surface area contributed by atoms with Gasteiger partial charge in [0.25, 0.3) is 10.0 Å². The molecule has 0 saturated carbocycles. The van der Waals surface area contributed by atoms with E-state index < -0.39 is 10.0 Å². The first kappa shape index (κ1) is 19.0. The van der Waals surface area contributed by atoms with E-state index >= 15 is 0 Å². The van der Waals surface area contributed by atoms with E-state index in [0.717, 1.165) is 0 Å². The van der Waals surface area contributed by atoms with Crippen molar-refractivity contribution >= 4 is 67.3 Å². The number of fused-ring (bicyclic) bond motifs is 1. The van der Waals surface area contributed by atoms with E-state index in [0.29, 0.717) is 22.3 Å². The maximum absolute atomic E-state index is 12.7. The molecule has 2 aromatic carbocycles. The third-order valence-electron chi connectivity index (χ3n) is 3.73. The molecule has 136 valence electrons. The minimum atomic E-state index is -4.02. The van der Waals surface area contributed by atoms with Gasteiger partial charge < -0.3 is 4.42 Å². The van der Waals surface area contributed by atoms with Crippen LogP contribution in [0.1, 0.15) is 23.0 Å². The molecule has 26 heavy (non-hydrogen) atoms. The number of ketones is 1. The molecule has 0 aliphatic carbocycles. The van der Waals surface area contributed by atoms with Crippen LogP contribution >= 0.6 is 34.8 Å². The topological polar surface area (TPSA) is 76.4 Å². The van der Waals surface area contributed by atoms with E-state index in [2.05, 4.69) is 4.72 Å². The molecule has 0 unspecified atom stereocenters. The number of sulfonamides is 1. The minimum Gasteiger partial charge on any atom is -0.461 e. The number of furan rings is 1. The number of hydrogen-bond acceptors (Lipinski definition) is 4. The summed E-state index contributed by atoms with van der Waals surface area (Å²) in [6, 6.07) is 7.08. The fourth-order valence-corrected chi connectivity index (χ4v) is 4.69. The quantitative estimate of drug-likeness (QED) is 0.423. The van der Waals surface area contributed by atoms with Crippen molar-refractivity contribution in [2.75, 3.05) is 4.72 Å². The zero-order chi connectivity index (χ0) is 19.2. The molecule has 0 amide bonds. The normalized spacial score (nSPS) is 11.7. The Morgan fingerprint density at radius 2 is 1.69 bits per heavy atom. The van der Waals surface area contributed by atoms with Crippen LogP contribution in [0.4, 0.5) is 5.69 Å². The Morgan fingerprint density at radius 1 is 1.04 bits per heavy atom. The van der Waals surface area contributed by atoms with Crippen molar-refractivity contribution in [2.45, 2.75) is 18.7 Å². The van der Waals surface area contributed by atoms with Crippen molar-refractivity contribution in [3.63, 3.8) is 0 Å². The van der Waals surface area contributed by atoms with Gasteiger partial charge in [0.05, 0.1) is 20.6 Å². The lowest BCUT2D eigenvalue weighted by atomic mass is 10.1. The Hall–Kier alpha value is -1.73. The van der Waals surface area contributed by atoms with Gasteiger partial charge >= 0.3 is 0 Å². The Kier molecular flexibility index (Phi) is 4.96. The number of hydrogen-bond donors (Lipinski definition) is 1. The molecule has 3 aromatic rings. The van der Waals surface area contributed by atoms with Crippen molar-refractivity contribution < 1.29 is 17.6 Å². The van der Waals surface area contributed by atoms with Crippen molar-refractivity contribution in [1.29, 1.82) is 0 Å². The van der Waals surface area contributed by atoms with E-state index in [1.165, 1.54) is 31.2 Å². The number of nitrogens with one attached hydrogen (secondary N) is 1. The molecule has 3 rings (SSSR count). The third-order valence-corrected chi connectivity index (χ3v) is 6.30. The van der Waals surface area contributed by atoms with Crippen LogP contribution in [0, 0.1) is 6.92 Å². The molecular formula is C17H12Cl3NO4S. The van der Waals surface area contributed by atoms with Crippen molar-refractivity contribution in [3.8, 4) is 0 Å². The minimum absolute atomic E-state index is 0.0587. The number of benzene rings is 2. The molecule has 0 fully saturated rings. The molecule has 0 saturated heterocycles. The Bertz CT molecular complexity index is 1150. The van der Waals surface area contributed by atoms with Crippen molar-refractivity contribution in [1.82, 2.24) is 0 Å². The lowest BCUT2D eigenvalue weighted by Crippen LogP contribution is -2.13. The zero-order valence-electron chi connectivity index (χ0n) is 13.6. The van der Waals surface area contributed by atoms with Crippen LogP contribution in [-0.4, -0.2) is 14.2 Å². The average molecular weight is 433 g/mol. The highest BCUT2D eigenvalue weighted by Crippen LogP contribution is 2.33. The molecule has 0 bridgehead atoms. The van der Waals surface area contributed by atoms with Crippen LogP contribution in [0.3, 0.4) is 0 Å². The second kappa shape index (κ2) is 6.78. The molecule has 5 nitrogen and oxygen atoms in total. The molecule has 1 N–H and O–H groups in total. The van der Waals surface area contributed by atoms with E-state index in [4.69, 9.17) is 39.2 Å². The monoisotopic (exact) mass is 431 g/mol. The second-order valence-corrected chi connectivity index (χ2v) is 8.48. The van der Waals surface area contributed by atoms with Crippen LogP contribution in [0.5, 0.6) is 0 Å². The standard InChI is InChI=1S/C17H12Cl3NO4S/c1-8(22)17-9(2)25-15-4-3-10(5-11(15)17)21-26(23,24)16-7-13(19)12(18)6-14(16)20/h3-7,21H,1-2H3. The van der Waals surface area contributed by atoms with Crippen LogP contribution in [0.25, 0.3) is 11.0 Å². The summed E-state index contributed by atoms with van der Waals surface area (Å²) in [6.45, 7) is 3.10. The summed E-state index contributed by atoms with van der Waals surface area (Å²) in [5.41, 5.74) is 1.15. The van der Waals surface area contributed by atoms with E-state index in [-0.39, 0.29) is 31.4 Å². The SMILES string of the molecule is CC(=O)c1c(C)oc2ccc(NS(=O)(=O)c3cc(Cl)c(Cl)cc3Cl)cc12. The van der Waals surface area contributed by atoms with Crippen LogP contribution in [0.2, 0.25) is 15.1 Å². The Labute approximate surface area is 164 Å². The third kappa shape index (κ3) is 3.42. The molecular weight excluding hydrogens is 421 g/mol. The molecule has 1 aromatic heterocycles. The number of rotatable bonds is 4. The smallest absolute Gasteiger partial charge is 0.263 e. The summed E-state index contributed by atoms with van der Waals surface area (Å²) >= 11 is 17.7. The molecule has 1 heterocycles. The summed E-state index contributed by atoms with van der Waals surface area (Å²) in [7, 11) is -4.02. The molecule has 9 heteroatoms. The van der Waals surface area contributed by atoms with E-state index in [1.54, 1.807) is 13.0 Å². The van der Waals surface area contributed by atoms with Crippen LogP contribution in [0.15, 0.2) is 39.6 Å². The molecule has 0 radical (unpaired) electrons. The molecule has 0 spiro atoms. The molecule has 0 aliphatic rings. The second-order valence-electron chi connectivity index (χ2n) is 5.60. The summed E-state index contributed by atoms with van der Waals surface area (Å²) < 4.78 is 33.3. The zero-order valence-corrected chi connectivity index (χ0v) is 16.6. The van der Waals surface area contributed by atoms with Crippen LogP contribution < -0.4 is 4.72 Å². The number of carbonyl (C=O) groups excluding carboxylic acids is 1. The van der Waals surface area contributed by atoms with Gasteiger partial charge in [-0.3, -0.25) is 9.52 Å². The van der Waals surface area contributed by atoms with Crippen LogP contribution in [-0.2, 0) is 10.0 Å². The van der Waals surface area contributed by atoms with Gasteiger partial charge in [-0.15, -0.1) is 0 Å². The van der Waals surface area contributed by atoms with Gasteiger partial charge in [-0.1, -0.05) is 34.8 Å². The highest BCUT2D eigenvalue weighted by Gasteiger charge is 2.21. The number of aryl methyl sites for hydroxylation is 1. The molecule has 0 aliphatic heterocycles. The largest absolute Gasteiger partial charge is 0.461 e. The fraction of sp³-hybridized carbons (Fsp3) is 0.118. The first-order chi connectivity index (χ1) is 12.1. The van der Waals surface area contributed by atoms with E-state index in [1.807, 2.05) is 0 Å². The average Bonchev–Trinajstić information content (AvgIpc) is 2.85. The summed E-state index contributed by atoms with van der Waals surface area (Å²) in [5, 5.41) is 0.681. The fourth-order valence-electron chi connectivity index (χ4n) is 2.64. The summed E-state index contributed by atoms with van der Waals surface area (Å²) in [5.74, 6) is 0.300. The van der Waals surface area contributed by atoms with Gasteiger partial charge in [-0.25, -0.2) is 8.42 Å². The number of halogens is 3. The first-order valence-corrected chi connectivity index (χ1v) is 9.93. The van der Waals surface area contributed by atoms with Gasteiger partial charge in [0, 0.05) is 11.1 Å². The van der Waals surface area contributed by atoms with Gasteiger partial charge in [0.15, 0.2) is 5.78 Å². The Balaban J connectivity index is 2.07. The van der Waals surface area contributed by atoms with Gasteiger partial charge in [0.1, 0.15) is 16.2 Å². The van der Waals surface area contributed by atoms with Crippen molar-refractivity contribution in [2.24, 2.45) is 0 Å². The Morgan fingerprint density at radius 3 is 2.35 bits per heavy atom. The lowest BCUT2D eigenvalue weighted by molar-refractivity contribution is 0.101. The number of anilines is 1. The summed E-state index contributed by atoms with van der Waals surface area (Å²) in [4.78, 5) is 11.6. The number of Topliss-reactive ketones (excluding diaryl/α,β-unsaturated/α-hetero) is 1. The lowest BCUT2D eigenvalue weighted by Gasteiger charge is -2.11. The molecule has 0 atom stereocenters. The summed E-state index contributed by atoms with van der Waals surface area (Å²) in [6.07, 6.45) is 0. The number of carbonyl (C=O) groups is 1. The maximum atomic E-state index is 12.7. The predicted molar refractivity (Wildman–Crippen MR) is 103 cm³/mol. The van der Waals surface area contributed by atoms with Gasteiger partial charge in [-0.2, -0.15) is 0 Å². The predicted octanol–water partition coefficient (Wildman–Crippen LogP) is 5.70. The maximum Gasteiger partial charge on any atom is 0.263 e. The highest BCUT2D eigenvalue weighted by molar-refractivity contribution is 7.92. The van der Waals surface area contributed by atoms with Gasteiger partial charge in [-0.05, 0) is 44.2 Å². The van der Waals surface area contributed by atoms with Crippen molar-refractivity contribution in [3.05, 3.63) is 56.7 Å².